The van der Waals surface area contributed by atoms with Crippen molar-refractivity contribution >= 4 is 69.0 Å². The topological polar surface area (TPSA) is 258 Å². The Morgan fingerprint density at radius 2 is 0.839 bits per heavy atom. The molecule has 5 heterocycles. The van der Waals surface area contributed by atoms with Crippen LogP contribution >= 0.6 is 0 Å². The molecule has 0 aliphatic carbocycles. The number of hydrogen-bond acceptors (Lipinski definition) is 10. The first-order chi connectivity index (χ1) is 29.6. The second-order valence-electron chi connectivity index (χ2n) is 15.1. The molecule has 0 amide bonds. The predicted molar refractivity (Wildman–Crippen MR) is 229 cm³/mol. The lowest BCUT2D eigenvalue weighted by Gasteiger charge is -2.40. The van der Waals surface area contributed by atoms with E-state index < -0.39 is 45.6 Å². The van der Waals surface area contributed by atoms with Crippen LogP contribution < -0.4 is 31.3 Å². The van der Waals surface area contributed by atoms with E-state index in [4.69, 9.17) is 21.6 Å². The first-order valence-corrected chi connectivity index (χ1v) is 20.2. The van der Waals surface area contributed by atoms with Crippen molar-refractivity contribution in [2.24, 2.45) is 0 Å². The van der Waals surface area contributed by atoms with Gasteiger partial charge in [-0.25, -0.2) is 18.4 Å². The SMILES string of the molecule is CCn1cc(C(=O)O)c(=O)c2cc(F)c(N3CCN(C(=N)NC(=N)N4CCN(C(=N)NC(=N)N5CCN(c6cc7c(cc6F)c(=O)c(C(=O)O)cn7CC)CC5)CC4)CC3)cc21. The quantitative estimate of drug-likeness (QED) is 0.101. The number of carboxylic acid groups (broad SMARTS) is 2. The highest BCUT2D eigenvalue weighted by Crippen LogP contribution is 2.28. The van der Waals surface area contributed by atoms with Gasteiger partial charge in [0.15, 0.2) is 23.8 Å². The van der Waals surface area contributed by atoms with Gasteiger partial charge in [0.25, 0.3) is 0 Å². The van der Waals surface area contributed by atoms with Gasteiger partial charge in [-0.2, -0.15) is 0 Å². The van der Waals surface area contributed by atoms with Crippen LogP contribution in [0.5, 0.6) is 0 Å². The molecule has 2 aromatic carbocycles. The molecular weight excluding hydrogens is 811 g/mol. The Kier molecular flexibility index (Phi) is 12.0. The fourth-order valence-electron chi connectivity index (χ4n) is 8.15. The zero-order valence-corrected chi connectivity index (χ0v) is 34.2. The van der Waals surface area contributed by atoms with Crippen molar-refractivity contribution in [1.29, 1.82) is 21.6 Å². The first kappa shape index (κ1) is 42.8. The van der Waals surface area contributed by atoms with Crippen LogP contribution in [0.4, 0.5) is 20.2 Å². The van der Waals surface area contributed by atoms with E-state index in [2.05, 4.69) is 10.6 Å². The third-order valence-corrected chi connectivity index (χ3v) is 11.7. The number of anilines is 2. The lowest BCUT2D eigenvalue weighted by molar-refractivity contribution is 0.0684. The van der Waals surface area contributed by atoms with Gasteiger partial charge in [0.2, 0.25) is 10.9 Å². The summed E-state index contributed by atoms with van der Waals surface area (Å²) in [5.74, 6) is -3.98. The summed E-state index contributed by atoms with van der Waals surface area (Å²) in [5.41, 5.74) is -0.956. The number of nitrogens with one attached hydrogen (secondary N) is 6. The van der Waals surface area contributed by atoms with E-state index in [1.807, 2.05) is 9.80 Å². The van der Waals surface area contributed by atoms with Crippen LogP contribution in [0.1, 0.15) is 34.6 Å². The maximum absolute atomic E-state index is 15.4. The number of fused-ring (bicyclic) bond motifs is 2. The molecule has 7 rings (SSSR count). The number of aryl methyl sites for hydroxylation is 2. The second-order valence-corrected chi connectivity index (χ2v) is 15.1. The van der Waals surface area contributed by atoms with Gasteiger partial charge in [-0.05, 0) is 38.1 Å². The fraction of sp³-hybridized carbons (Fsp3) is 0.400. The van der Waals surface area contributed by atoms with E-state index in [1.165, 1.54) is 12.4 Å². The van der Waals surface area contributed by atoms with Gasteiger partial charge in [-0.3, -0.25) is 41.9 Å². The average molecular weight is 859 g/mol. The summed E-state index contributed by atoms with van der Waals surface area (Å²) in [6.45, 7) is 8.68. The highest BCUT2D eigenvalue weighted by atomic mass is 19.1. The molecule has 20 nitrogen and oxygen atoms in total. The van der Waals surface area contributed by atoms with Crippen LogP contribution in [0.15, 0.2) is 46.2 Å². The van der Waals surface area contributed by atoms with Gasteiger partial charge in [0, 0.05) is 115 Å². The molecule has 3 fully saturated rings. The summed E-state index contributed by atoms with van der Waals surface area (Å²) in [4.78, 5) is 59.3. The molecule has 3 aliphatic rings. The van der Waals surface area contributed by atoms with Crippen LogP contribution in [-0.4, -0.2) is 153 Å². The highest BCUT2D eigenvalue weighted by molar-refractivity contribution is 5.98. The summed E-state index contributed by atoms with van der Waals surface area (Å²) < 4.78 is 34.0. The average Bonchev–Trinajstić information content (AvgIpc) is 3.26. The number of pyridine rings is 2. The minimum atomic E-state index is -1.38. The van der Waals surface area contributed by atoms with E-state index in [9.17, 15) is 29.4 Å². The van der Waals surface area contributed by atoms with Crippen molar-refractivity contribution in [1.82, 2.24) is 39.4 Å². The molecule has 328 valence electrons. The summed E-state index contributed by atoms with van der Waals surface area (Å²) in [6.07, 6.45) is 2.54. The molecule has 0 atom stereocenters. The number of hydrogen-bond donors (Lipinski definition) is 8. The van der Waals surface area contributed by atoms with Gasteiger partial charge in [-0.1, -0.05) is 0 Å². The summed E-state index contributed by atoms with van der Waals surface area (Å²) in [7, 11) is 0. The smallest absolute Gasteiger partial charge is 0.341 e. The maximum atomic E-state index is 15.4. The van der Waals surface area contributed by atoms with E-state index in [1.54, 1.807) is 54.7 Å². The molecule has 4 aromatic rings. The molecule has 2 aromatic heterocycles. The van der Waals surface area contributed by atoms with Crippen molar-refractivity contribution in [3.63, 3.8) is 0 Å². The molecular formula is C40H48F2N14O6. The fourth-order valence-corrected chi connectivity index (χ4v) is 8.15. The molecule has 0 spiro atoms. The number of aromatic carboxylic acids is 2. The van der Waals surface area contributed by atoms with E-state index in [0.29, 0.717) is 103 Å². The number of piperazine rings is 3. The number of guanidine groups is 4. The molecule has 3 saturated heterocycles. The molecule has 62 heavy (non-hydrogen) atoms. The van der Waals surface area contributed by atoms with E-state index in [0.717, 1.165) is 12.1 Å². The van der Waals surface area contributed by atoms with Crippen molar-refractivity contribution in [2.45, 2.75) is 26.9 Å². The van der Waals surface area contributed by atoms with Gasteiger partial charge in [0.05, 0.1) is 22.4 Å². The standard InChI is InChI=1S/C40H48F2N14O6/c1-3-49-21-25(35(59)60)33(57)23-17-27(41)31(19-29(23)49)51-5-9-53(10-6-51)37(43)47-39(45)55-13-15-56(16-14-55)40(46)48-38(44)54-11-7-52(8-12-54)32-20-30-24(18-28(32)42)34(58)26(36(61)62)22-50(30)4-2/h17-22H,3-16H2,1-2H3,(H,59,60)(H,61,62)(H3,43,45,47)(H3,44,46,48). The first-order valence-electron chi connectivity index (χ1n) is 20.2. The lowest BCUT2D eigenvalue weighted by Crippen LogP contribution is -2.60. The minimum Gasteiger partial charge on any atom is -0.477 e. The van der Waals surface area contributed by atoms with Crippen LogP contribution in [-0.2, 0) is 13.1 Å². The third-order valence-electron chi connectivity index (χ3n) is 11.7. The molecule has 0 bridgehead atoms. The van der Waals surface area contributed by atoms with Crippen LogP contribution in [0.25, 0.3) is 21.8 Å². The molecule has 22 heteroatoms. The Bertz CT molecular complexity index is 2450. The number of nitrogens with zero attached hydrogens (tertiary/aromatic N) is 8. The highest BCUT2D eigenvalue weighted by Gasteiger charge is 2.28. The van der Waals surface area contributed by atoms with Gasteiger partial charge in [0.1, 0.15) is 22.8 Å². The third kappa shape index (κ3) is 8.26. The van der Waals surface area contributed by atoms with E-state index >= 15 is 8.78 Å². The molecule has 0 saturated carbocycles. The second kappa shape index (κ2) is 17.4. The zero-order chi connectivity index (χ0) is 44.6. The lowest BCUT2D eigenvalue weighted by atomic mass is 10.1. The molecule has 0 unspecified atom stereocenters. The number of carboxylic acids is 2. The number of carbonyl (C=O) groups is 2. The normalized spacial score (nSPS) is 15.9. The molecule has 3 aliphatic heterocycles. The van der Waals surface area contributed by atoms with Crippen molar-refractivity contribution in [3.05, 3.63) is 79.9 Å². The number of benzene rings is 2. The van der Waals surface area contributed by atoms with Crippen molar-refractivity contribution < 1.29 is 28.6 Å². The van der Waals surface area contributed by atoms with Crippen LogP contribution in [0.2, 0.25) is 0 Å². The van der Waals surface area contributed by atoms with Crippen molar-refractivity contribution in [2.75, 3.05) is 88.3 Å². The zero-order valence-electron chi connectivity index (χ0n) is 34.2. The van der Waals surface area contributed by atoms with Crippen molar-refractivity contribution in [3.8, 4) is 0 Å². The Morgan fingerprint density at radius 3 is 1.11 bits per heavy atom. The van der Waals surface area contributed by atoms with Gasteiger partial charge in [-0.15, -0.1) is 0 Å². The number of halogens is 2. The Labute approximate surface area is 353 Å². The predicted octanol–water partition coefficient (Wildman–Crippen LogP) is 1.51. The molecule has 0 radical (unpaired) electrons. The molecule has 8 N–H and O–H groups in total. The van der Waals surface area contributed by atoms with Crippen LogP contribution in [0, 0.1) is 33.3 Å². The van der Waals surface area contributed by atoms with E-state index in [-0.39, 0.29) is 46.0 Å². The Balaban J connectivity index is 0.865. The monoisotopic (exact) mass is 858 g/mol. The minimum absolute atomic E-state index is 0.0106. The number of rotatable bonds is 6. The Morgan fingerprint density at radius 1 is 0.548 bits per heavy atom. The Hall–Kier alpha value is -7.26. The van der Waals surface area contributed by atoms with Crippen LogP contribution in [0.3, 0.4) is 0 Å². The van der Waals surface area contributed by atoms with Gasteiger partial charge >= 0.3 is 11.9 Å². The number of aromatic nitrogens is 2. The maximum Gasteiger partial charge on any atom is 0.341 e. The summed E-state index contributed by atoms with van der Waals surface area (Å²) in [5, 5.41) is 59.2. The van der Waals surface area contributed by atoms with Gasteiger partial charge < -0.3 is 48.7 Å². The largest absolute Gasteiger partial charge is 0.477 e. The summed E-state index contributed by atoms with van der Waals surface area (Å²) in [6, 6.07) is 5.29. The summed E-state index contributed by atoms with van der Waals surface area (Å²) >= 11 is 0.